The van der Waals surface area contributed by atoms with Crippen molar-refractivity contribution in [3.05, 3.63) is 28.5 Å². The van der Waals surface area contributed by atoms with Crippen molar-refractivity contribution in [3.8, 4) is 0 Å². The van der Waals surface area contributed by atoms with Gasteiger partial charge in [-0.15, -0.1) is 0 Å². The van der Waals surface area contributed by atoms with Gasteiger partial charge in [-0.25, -0.2) is 0 Å². The van der Waals surface area contributed by atoms with Crippen molar-refractivity contribution in [2.75, 3.05) is 0 Å². The Labute approximate surface area is 65.2 Å². The smallest absolute Gasteiger partial charge is 0.00181 e. The maximum Gasteiger partial charge on any atom is -0.00181 e. The minimum absolute atomic E-state index is 1.28. The van der Waals surface area contributed by atoms with Crippen LogP contribution in [0, 0.1) is 0 Å². The fourth-order valence-corrected chi connectivity index (χ4v) is 2.06. The highest BCUT2D eigenvalue weighted by molar-refractivity contribution is 7.08. The summed E-state index contributed by atoms with van der Waals surface area (Å²) < 4.78 is 0. The minimum atomic E-state index is 1.28. The van der Waals surface area contributed by atoms with Crippen LogP contribution in [0.1, 0.15) is 24.8 Å². The van der Waals surface area contributed by atoms with Crippen molar-refractivity contribution in [1.29, 1.82) is 0 Å². The van der Waals surface area contributed by atoms with Crippen molar-refractivity contribution in [1.82, 2.24) is 0 Å². The Kier molecular flexibility index (Phi) is 1.60. The summed E-state index contributed by atoms with van der Waals surface area (Å²) in [4.78, 5) is 0. The summed E-state index contributed by atoms with van der Waals surface area (Å²) in [5, 5.41) is 4.38. The second-order valence-corrected chi connectivity index (χ2v) is 3.41. The van der Waals surface area contributed by atoms with Gasteiger partial charge in [0.25, 0.3) is 0 Å². The molecule has 2 rings (SSSR count). The van der Waals surface area contributed by atoms with Gasteiger partial charge in [-0.2, -0.15) is 11.3 Å². The zero-order chi connectivity index (χ0) is 6.81. The van der Waals surface area contributed by atoms with Gasteiger partial charge in [0, 0.05) is 0 Å². The van der Waals surface area contributed by atoms with E-state index in [1.54, 1.807) is 16.9 Å². The van der Waals surface area contributed by atoms with Gasteiger partial charge in [-0.3, -0.25) is 0 Å². The summed E-state index contributed by atoms with van der Waals surface area (Å²) in [6, 6.07) is 2.21. The van der Waals surface area contributed by atoms with Gasteiger partial charge < -0.3 is 0 Å². The Hall–Kier alpha value is -0.560. The van der Waals surface area contributed by atoms with Crippen LogP contribution in [-0.4, -0.2) is 0 Å². The van der Waals surface area contributed by atoms with Crippen LogP contribution in [-0.2, 0) is 0 Å². The Balaban J connectivity index is 2.28. The molecule has 0 bridgehead atoms. The van der Waals surface area contributed by atoms with Crippen molar-refractivity contribution >= 4 is 16.9 Å². The molecule has 0 spiro atoms. The maximum atomic E-state index is 2.36. The van der Waals surface area contributed by atoms with Gasteiger partial charge in [0.2, 0.25) is 0 Å². The highest BCUT2D eigenvalue weighted by atomic mass is 32.1. The van der Waals surface area contributed by atoms with E-state index in [0.717, 1.165) is 0 Å². The maximum absolute atomic E-state index is 2.36. The Morgan fingerprint density at radius 2 is 2.40 bits per heavy atom. The predicted octanol–water partition coefficient (Wildman–Crippen LogP) is 3.32. The summed E-state index contributed by atoms with van der Waals surface area (Å²) >= 11 is 1.79. The third-order valence-corrected chi connectivity index (χ3v) is 2.62. The van der Waals surface area contributed by atoms with Crippen LogP contribution in [0.15, 0.2) is 22.9 Å². The molecule has 0 saturated carbocycles. The highest BCUT2D eigenvalue weighted by Gasteiger charge is 2.05. The molecule has 52 valence electrons. The lowest BCUT2D eigenvalue weighted by molar-refractivity contribution is 0.935. The van der Waals surface area contributed by atoms with E-state index in [2.05, 4.69) is 22.9 Å². The first kappa shape index (κ1) is 6.17. The van der Waals surface area contributed by atoms with Crippen molar-refractivity contribution < 1.29 is 0 Å². The fraction of sp³-hybridized carbons (Fsp3) is 0.333. The average molecular weight is 150 g/mol. The monoisotopic (exact) mass is 150 g/mol. The van der Waals surface area contributed by atoms with Gasteiger partial charge in [0.1, 0.15) is 0 Å². The summed E-state index contributed by atoms with van der Waals surface area (Å²) in [7, 11) is 0. The largest absolute Gasteiger partial charge is 0.152 e. The SMILES string of the molecule is C1=C(c2ccsc2)CCC1. The molecule has 0 radical (unpaired) electrons. The standard InChI is InChI=1S/C9H10S/c1-2-4-8(3-1)9-5-6-10-7-9/h3,5-7H,1-2,4H2. The highest BCUT2D eigenvalue weighted by Crippen LogP contribution is 2.28. The van der Waals surface area contributed by atoms with E-state index >= 15 is 0 Å². The molecule has 0 amide bonds. The predicted molar refractivity (Wildman–Crippen MR) is 46.1 cm³/mol. The molecule has 1 heteroatoms. The number of hydrogen-bond donors (Lipinski definition) is 0. The Bertz CT molecular complexity index is 231. The van der Waals surface area contributed by atoms with Crippen LogP contribution in [0.4, 0.5) is 0 Å². The normalized spacial score (nSPS) is 17.4. The van der Waals surface area contributed by atoms with Crippen LogP contribution >= 0.6 is 11.3 Å². The summed E-state index contributed by atoms with van der Waals surface area (Å²) in [6.07, 6.45) is 6.29. The molecule has 1 aromatic rings. The quantitative estimate of drug-likeness (QED) is 0.576. The molecule has 0 nitrogen and oxygen atoms in total. The van der Waals surface area contributed by atoms with Gasteiger partial charge in [0.05, 0.1) is 0 Å². The van der Waals surface area contributed by atoms with Gasteiger partial charge in [0.15, 0.2) is 0 Å². The lowest BCUT2D eigenvalue weighted by Gasteiger charge is -1.93. The molecule has 0 atom stereocenters. The summed E-state index contributed by atoms with van der Waals surface area (Å²) in [6.45, 7) is 0. The zero-order valence-corrected chi connectivity index (χ0v) is 6.66. The first-order chi connectivity index (χ1) is 4.97. The summed E-state index contributed by atoms with van der Waals surface area (Å²) in [5.74, 6) is 0. The van der Waals surface area contributed by atoms with Crippen LogP contribution in [0.5, 0.6) is 0 Å². The van der Waals surface area contributed by atoms with Crippen LogP contribution in [0.25, 0.3) is 5.57 Å². The molecule has 0 aliphatic heterocycles. The van der Waals surface area contributed by atoms with E-state index < -0.39 is 0 Å². The summed E-state index contributed by atoms with van der Waals surface area (Å²) in [5.41, 5.74) is 3.00. The van der Waals surface area contributed by atoms with E-state index in [0.29, 0.717) is 0 Å². The van der Waals surface area contributed by atoms with E-state index in [-0.39, 0.29) is 0 Å². The first-order valence-corrected chi connectivity index (χ1v) is 4.63. The molecule has 0 N–H and O–H groups in total. The molecule has 10 heavy (non-hydrogen) atoms. The first-order valence-electron chi connectivity index (χ1n) is 3.68. The van der Waals surface area contributed by atoms with Crippen LogP contribution in [0.3, 0.4) is 0 Å². The number of allylic oxidation sites excluding steroid dienone is 2. The molecule has 1 aromatic heterocycles. The number of hydrogen-bond acceptors (Lipinski definition) is 1. The Morgan fingerprint density at radius 3 is 3.00 bits per heavy atom. The lowest BCUT2D eigenvalue weighted by atomic mass is 10.1. The molecule has 0 fully saturated rings. The molecule has 0 saturated heterocycles. The topological polar surface area (TPSA) is 0 Å². The lowest BCUT2D eigenvalue weighted by Crippen LogP contribution is -1.72. The zero-order valence-electron chi connectivity index (χ0n) is 5.84. The molecular weight excluding hydrogens is 140 g/mol. The van der Waals surface area contributed by atoms with Gasteiger partial charge in [-0.1, -0.05) is 6.08 Å². The van der Waals surface area contributed by atoms with E-state index in [1.165, 1.54) is 24.8 Å². The molecule has 1 heterocycles. The van der Waals surface area contributed by atoms with Gasteiger partial charge in [-0.05, 0) is 47.2 Å². The number of thiophene rings is 1. The second-order valence-electron chi connectivity index (χ2n) is 2.63. The Morgan fingerprint density at radius 1 is 1.40 bits per heavy atom. The van der Waals surface area contributed by atoms with Crippen molar-refractivity contribution in [3.63, 3.8) is 0 Å². The molecule has 1 aliphatic rings. The van der Waals surface area contributed by atoms with Crippen molar-refractivity contribution in [2.45, 2.75) is 19.3 Å². The van der Waals surface area contributed by atoms with E-state index in [4.69, 9.17) is 0 Å². The number of rotatable bonds is 1. The fourth-order valence-electron chi connectivity index (χ4n) is 1.38. The third kappa shape index (κ3) is 1.01. The van der Waals surface area contributed by atoms with E-state index in [1.807, 2.05) is 0 Å². The van der Waals surface area contributed by atoms with E-state index in [9.17, 15) is 0 Å². The van der Waals surface area contributed by atoms with Crippen LogP contribution in [0.2, 0.25) is 0 Å². The average Bonchev–Trinajstić information content (AvgIpc) is 2.59. The van der Waals surface area contributed by atoms with Crippen LogP contribution < -0.4 is 0 Å². The molecule has 0 unspecified atom stereocenters. The molecule has 1 aliphatic carbocycles. The van der Waals surface area contributed by atoms with Crippen molar-refractivity contribution in [2.24, 2.45) is 0 Å². The molecule has 0 aromatic carbocycles. The van der Waals surface area contributed by atoms with Gasteiger partial charge >= 0.3 is 0 Å². The second kappa shape index (κ2) is 2.59. The molecular formula is C9H10S. The third-order valence-electron chi connectivity index (χ3n) is 1.93. The minimum Gasteiger partial charge on any atom is -0.152 e.